The third kappa shape index (κ3) is 3.54. The lowest BCUT2D eigenvalue weighted by Gasteiger charge is -2.21. The Labute approximate surface area is 141 Å². The number of nitrogens with zero attached hydrogens (tertiary/aromatic N) is 2. The van der Waals surface area contributed by atoms with Gasteiger partial charge in [-0.1, -0.05) is 12.1 Å². The molecule has 122 valence electrons. The quantitative estimate of drug-likeness (QED) is 0.709. The number of thiazole rings is 1. The van der Waals surface area contributed by atoms with Crippen LogP contribution in [0.15, 0.2) is 42.5 Å². The fraction of sp³-hybridized carbons (Fsp3) is 0.235. The Morgan fingerprint density at radius 3 is 2.52 bits per heavy atom. The van der Waals surface area contributed by atoms with Crippen LogP contribution in [-0.2, 0) is 10.1 Å². The molecule has 0 bridgehead atoms. The van der Waals surface area contributed by atoms with E-state index in [0.717, 1.165) is 32.2 Å². The molecule has 0 fully saturated rings. The number of benzene rings is 2. The minimum absolute atomic E-state index is 0.864. The number of thiol groups is 1. The third-order valence-corrected chi connectivity index (χ3v) is 5.28. The van der Waals surface area contributed by atoms with E-state index in [1.165, 1.54) is 0 Å². The maximum atomic E-state index is 12.3. The number of rotatable bonds is 4. The summed E-state index contributed by atoms with van der Waals surface area (Å²) < 4.78 is 16.6. The molecule has 0 aliphatic carbocycles. The molecule has 23 heavy (non-hydrogen) atoms. The standard InChI is InChI=1S/C17H21N3OS2/c1-20(2)12-9-10-13(15(11-12)19-23(3,4)21)17-18-14-7-5-6-8-16(14)22-17/h5-11,23H,1-4H3,(H,19,21). The maximum absolute atomic E-state index is 12.3. The molecule has 0 unspecified atom stereocenters. The molecule has 3 aromatic rings. The van der Waals surface area contributed by atoms with Crippen molar-refractivity contribution in [1.29, 1.82) is 0 Å². The molecule has 0 saturated carbocycles. The molecule has 1 heterocycles. The molecule has 4 nitrogen and oxygen atoms in total. The molecule has 0 radical (unpaired) electrons. The lowest BCUT2D eigenvalue weighted by molar-refractivity contribution is 0.682. The molecule has 0 amide bonds. The summed E-state index contributed by atoms with van der Waals surface area (Å²) in [4.78, 5) is 6.75. The number of hydrogen-bond donors (Lipinski definition) is 2. The molecule has 6 heteroatoms. The highest BCUT2D eigenvalue weighted by Crippen LogP contribution is 2.37. The molecule has 0 aliphatic rings. The molecular formula is C17H21N3OS2. The Bertz CT molecular complexity index is 863. The van der Waals surface area contributed by atoms with Crippen LogP contribution in [0.4, 0.5) is 11.4 Å². The van der Waals surface area contributed by atoms with Crippen molar-refractivity contribution in [2.24, 2.45) is 0 Å². The first-order valence-corrected chi connectivity index (χ1v) is 10.8. The molecule has 0 aliphatic heterocycles. The first-order valence-electron chi connectivity index (χ1n) is 7.34. The van der Waals surface area contributed by atoms with Gasteiger partial charge in [0.05, 0.1) is 15.9 Å². The van der Waals surface area contributed by atoms with Crippen LogP contribution in [0.2, 0.25) is 0 Å². The first-order chi connectivity index (χ1) is 10.8. The molecule has 0 atom stereocenters. The van der Waals surface area contributed by atoms with E-state index in [0.29, 0.717) is 0 Å². The van der Waals surface area contributed by atoms with Gasteiger partial charge in [-0.25, -0.2) is 4.98 Å². The number of anilines is 2. The minimum Gasteiger partial charge on any atom is -0.378 e. The van der Waals surface area contributed by atoms with E-state index in [9.17, 15) is 4.21 Å². The second kappa shape index (κ2) is 5.94. The van der Waals surface area contributed by atoms with Gasteiger partial charge in [0.2, 0.25) is 0 Å². The topological polar surface area (TPSA) is 45.2 Å². The summed E-state index contributed by atoms with van der Waals surface area (Å²) in [6.45, 7) is 0. The normalized spacial score (nSPS) is 12.3. The van der Waals surface area contributed by atoms with Crippen molar-refractivity contribution in [3.05, 3.63) is 42.5 Å². The van der Waals surface area contributed by atoms with Gasteiger partial charge in [0, 0.05) is 37.9 Å². The minimum atomic E-state index is -2.41. The zero-order valence-corrected chi connectivity index (χ0v) is 15.4. The summed E-state index contributed by atoms with van der Waals surface area (Å²) in [7, 11) is 1.58. The van der Waals surface area contributed by atoms with Crippen molar-refractivity contribution in [1.82, 2.24) is 4.98 Å². The lowest BCUT2D eigenvalue weighted by atomic mass is 10.1. The largest absolute Gasteiger partial charge is 0.378 e. The van der Waals surface area contributed by atoms with Crippen LogP contribution in [0.1, 0.15) is 0 Å². The van der Waals surface area contributed by atoms with Crippen LogP contribution in [0.5, 0.6) is 0 Å². The van der Waals surface area contributed by atoms with Crippen LogP contribution in [0, 0.1) is 0 Å². The zero-order valence-electron chi connectivity index (χ0n) is 13.7. The van der Waals surface area contributed by atoms with Gasteiger partial charge in [0.15, 0.2) is 0 Å². The first kappa shape index (κ1) is 16.0. The molecule has 1 N–H and O–H groups in total. The van der Waals surface area contributed by atoms with Crippen LogP contribution in [0.25, 0.3) is 20.8 Å². The van der Waals surface area contributed by atoms with E-state index in [1.807, 2.05) is 49.3 Å². The van der Waals surface area contributed by atoms with E-state index < -0.39 is 10.1 Å². The third-order valence-electron chi connectivity index (χ3n) is 3.43. The monoisotopic (exact) mass is 347 g/mol. The van der Waals surface area contributed by atoms with Crippen LogP contribution >= 0.6 is 11.3 Å². The fourth-order valence-electron chi connectivity index (χ4n) is 2.37. The molecular weight excluding hydrogens is 326 g/mol. The van der Waals surface area contributed by atoms with Crippen molar-refractivity contribution >= 4 is 43.0 Å². The second-order valence-electron chi connectivity index (χ2n) is 6.07. The van der Waals surface area contributed by atoms with Crippen molar-refractivity contribution in [3.63, 3.8) is 0 Å². The summed E-state index contributed by atoms with van der Waals surface area (Å²) in [5.41, 5.74) is 3.90. The molecule has 1 aromatic heterocycles. The Morgan fingerprint density at radius 1 is 1.13 bits per heavy atom. The Kier molecular flexibility index (Phi) is 4.12. The van der Waals surface area contributed by atoms with Crippen LogP contribution in [-0.4, -0.2) is 35.8 Å². The Hall–Kier alpha value is -1.92. The smallest absolute Gasteiger partial charge is 0.126 e. The highest BCUT2D eigenvalue weighted by atomic mass is 32.3. The average Bonchev–Trinajstić information content (AvgIpc) is 2.88. The highest BCUT2D eigenvalue weighted by Gasteiger charge is 2.14. The number of aromatic nitrogens is 1. The van der Waals surface area contributed by atoms with Gasteiger partial charge >= 0.3 is 0 Å². The summed E-state index contributed by atoms with van der Waals surface area (Å²) in [5.74, 6) is 0. The maximum Gasteiger partial charge on any atom is 0.126 e. The summed E-state index contributed by atoms with van der Waals surface area (Å²) in [6.07, 6.45) is 3.47. The second-order valence-corrected chi connectivity index (χ2v) is 10.0. The SMILES string of the molecule is CN(C)c1ccc(-c2nc3ccccc3s2)c(N[SH](C)(C)=O)c1. The van der Waals surface area contributed by atoms with Crippen LogP contribution in [0.3, 0.4) is 0 Å². The molecule has 2 aromatic carbocycles. The van der Waals surface area contributed by atoms with Gasteiger partial charge in [-0.05, 0) is 40.5 Å². The Morgan fingerprint density at radius 2 is 1.87 bits per heavy atom. The van der Waals surface area contributed by atoms with Crippen LogP contribution < -0.4 is 9.62 Å². The molecule has 0 saturated heterocycles. The summed E-state index contributed by atoms with van der Waals surface area (Å²) in [5, 5.41) is 0.937. The van der Waals surface area contributed by atoms with E-state index in [2.05, 4.69) is 16.9 Å². The zero-order chi connectivity index (χ0) is 16.6. The number of para-hydroxylation sites is 1. The van der Waals surface area contributed by atoms with Gasteiger partial charge in [0.1, 0.15) is 5.01 Å². The van der Waals surface area contributed by atoms with E-state index >= 15 is 0 Å². The van der Waals surface area contributed by atoms with E-state index in [-0.39, 0.29) is 0 Å². The Balaban J connectivity index is 2.14. The van der Waals surface area contributed by atoms with Gasteiger partial charge < -0.3 is 9.62 Å². The fourth-order valence-corrected chi connectivity index (χ4v) is 4.14. The van der Waals surface area contributed by atoms with Gasteiger partial charge in [-0.3, -0.25) is 4.21 Å². The summed E-state index contributed by atoms with van der Waals surface area (Å²) >= 11 is 1.65. The van der Waals surface area contributed by atoms with Crippen molar-refractivity contribution in [3.8, 4) is 10.6 Å². The predicted octanol–water partition coefficient (Wildman–Crippen LogP) is 3.63. The number of nitrogens with one attached hydrogen (secondary N) is 1. The summed E-state index contributed by atoms with van der Waals surface area (Å²) in [6, 6.07) is 14.2. The molecule has 0 spiro atoms. The number of hydrogen-bond acceptors (Lipinski definition) is 4. The number of fused-ring (bicyclic) bond motifs is 1. The average molecular weight is 348 g/mol. The van der Waals surface area contributed by atoms with Crippen molar-refractivity contribution < 1.29 is 4.21 Å². The van der Waals surface area contributed by atoms with Gasteiger partial charge in [-0.15, -0.1) is 11.3 Å². The van der Waals surface area contributed by atoms with E-state index in [1.54, 1.807) is 23.8 Å². The van der Waals surface area contributed by atoms with Gasteiger partial charge in [0.25, 0.3) is 0 Å². The van der Waals surface area contributed by atoms with E-state index in [4.69, 9.17) is 4.98 Å². The van der Waals surface area contributed by atoms with Gasteiger partial charge in [-0.2, -0.15) is 0 Å². The molecule has 3 rings (SSSR count). The highest BCUT2D eigenvalue weighted by molar-refractivity contribution is 8.02. The lowest BCUT2D eigenvalue weighted by Crippen LogP contribution is -2.19. The predicted molar refractivity (Wildman–Crippen MR) is 104 cm³/mol. The van der Waals surface area contributed by atoms with Crippen molar-refractivity contribution in [2.45, 2.75) is 0 Å². The van der Waals surface area contributed by atoms with Crippen molar-refractivity contribution in [2.75, 3.05) is 36.2 Å².